The molecule has 0 unspecified atom stereocenters. The van der Waals surface area contributed by atoms with Crippen LogP contribution in [0.25, 0.3) is 5.69 Å². The fourth-order valence-electron chi connectivity index (χ4n) is 2.16. The van der Waals surface area contributed by atoms with Crippen LogP contribution < -0.4 is 5.73 Å². The minimum absolute atomic E-state index is 0.285. The van der Waals surface area contributed by atoms with E-state index in [4.69, 9.17) is 5.73 Å². The zero-order valence-electron chi connectivity index (χ0n) is 9.13. The molecule has 1 saturated carbocycles. The Morgan fingerprint density at radius 3 is 2.50 bits per heavy atom. The molecule has 2 N–H and O–H groups in total. The van der Waals surface area contributed by atoms with Crippen molar-refractivity contribution in [3.63, 3.8) is 0 Å². The molecular weight excluding hydrogens is 198 g/mol. The van der Waals surface area contributed by atoms with Gasteiger partial charge in [-0.05, 0) is 30.5 Å². The maximum Gasteiger partial charge on any atom is 0.0991 e. The van der Waals surface area contributed by atoms with Crippen LogP contribution in [0.15, 0.2) is 43.0 Å². The fraction of sp³-hybridized carbons (Fsp3) is 0.308. The fourth-order valence-corrected chi connectivity index (χ4v) is 2.16. The summed E-state index contributed by atoms with van der Waals surface area (Å²) in [5, 5.41) is 0. The molecule has 1 aromatic heterocycles. The molecule has 82 valence electrons. The van der Waals surface area contributed by atoms with E-state index in [-0.39, 0.29) is 5.41 Å². The first-order valence-corrected chi connectivity index (χ1v) is 5.63. The van der Waals surface area contributed by atoms with Crippen molar-refractivity contribution in [1.82, 2.24) is 9.55 Å². The Hall–Kier alpha value is -1.61. The van der Waals surface area contributed by atoms with E-state index in [2.05, 4.69) is 29.2 Å². The van der Waals surface area contributed by atoms with Gasteiger partial charge in [0.1, 0.15) is 0 Å². The molecule has 1 aliphatic rings. The molecule has 0 atom stereocenters. The summed E-state index contributed by atoms with van der Waals surface area (Å²) < 4.78 is 2.01. The number of nitrogens with two attached hydrogens (primary N) is 1. The van der Waals surface area contributed by atoms with E-state index in [0.717, 1.165) is 12.2 Å². The third kappa shape index (κ3) is 1.44. The molecule has 0 amide bonds. The molecule has 3 heteroatoms. The van der Waals surface area contributed by atoms with E-state index in [9.17, 15) is 0 Å². The van der Waals surface area contributed by atoms with Gasteiger partial charge in [-0.1, -0.05) is 12.1 Å². The van der Waals surface area contributed by atoms with Gasteiger partial charge < -0.3 is 10.3 Å². The van der Waals surface area contributed by atoms with Gasteiger partial charge in [0.15, 0.2) is 0 Å². The Kier molecular flexibility index (Phi) is 2.07. The van der Waals surface area contributed by atoms with Gasteiger partial charge in [0.05, 0.1) is 6.33 Å². The third-order valence-electron chi connectivity index (χ3n) is 3.53. The van der Waals surface area contributed by atoms with E-state index < -0.39 is 0 Å². The van der Waals surface area contributed by atoms with Crippen LogP contribution in [0.2, 0.25) is 0 Å². The largest absolute Gasteiger partial charge is 0.330 e. The van der Waals surface area contributed by atoms with Crippen LogP contribution in [0.5, 0.6) is 0 Å². The van der Waals surface area contributed by atoms with Crippen LogP contribution in [0.4, 0.5) is 0 Å². The van der Waals surface area contributed by atoms with Gasteiger partial charge in [-0.2, -0.15) is 0 Å². The van der Waals surface area contributed by atoms with Crippen molar-refractivity contribution in [3.8, 4) is 5.69 Å². The summed E-state index contributed by atoms with van der Waals surface area (Å²) in [6, 6.07) is 8.64. The van der Waals surface area contributed by atoms with E-state index in [0.29, 0.717) is 0 Å². The number of hydrogen-bond acceptors (Lipinski definition) is 2. The number of nitrogens with zero attached hydrogens (tertiary/aromatic N) is 2. The van der Waals surface area contributed by atoms with E-state index in [1.165, 1.54) is 18.4 Å². The molecule has 0 radical (unpaired) electrons. The quantitative estimate of drug-likeness (QED) is 0.845. The highest BCUT2D eigenvalue weighted by molar-refractivity contribution is 5.40. The lowest BCUT2D eigenvalue weighted by atomic mass is 9.96. The van der Waals surface area contributed by atoms with Crippen molar-refractivity contribution in [2.45, 2.75) is 18.3 Å². The van der Waals surface area contributed by atoms with Crippen molar-refractivity contribution in [3.05, 3.63) is 48.5 Å². The van der Waals surface area contributed by atoms with E-state index in [1.54, 1.807) is 6.20 Å². The summed E-state index contributed by atoms with van der Waals surface area (Å²) in [7, 11) is 0. The standard InChI is InChI=1S/C13H15N3/c14-9-13(5-6-13)11-1-3-12(4-2-11)16-8-7-15-10-16/h1-4,7-8,10H,5-6,9,14H2. The van der Waals surface area contributed by atoms with Crippen LogP contribution in [-0.2, 0) is 5.41 Å². The van der Waals surface area contributed by atoms with E-state index in [1.807, 2.05) is 17.1 Å². The highest BCUT2D eigenvalue weighted by atomic mass is 15.0. The molecule has 2 aromatic rings. The summed E-state index contributed by atoms with van der Waals surface area (Å²) in [5.41, 5.74) is 8.62. The third-order valence-corrected chi connectivity index (χ3v) is 3.53. The maximum atomic E-state index is 5.82. The highest BCUT2D eigenvalue weighted by Gasteiger charge is 2.42. The molecule has 3 nitrogen and oxygen atoms in total. The Bertz CT molecular complexity index is 466. The molecule has 0 aliphatic heterocycles. The predicted molar refractivity (Wildman–Crippen MR) is 63.5 cm³/mol. The first kappa shape index (κ1) is 9.60. The van der Waals surface area contributed by atoms with Crippen molar-refractivity contribution < 1.29 is 0 Å². The molecule has 1 heterocycles. The maximum absolute atomic E-state index is 5.82. The second-order valence-corrected chi connectivity index (χ2v) is 4.50. The smallest absolute Gasteiger partial charge is 0.0991 e. The molecule has 16 heavy (non-hydrogen) atoms. The minimum atomic E-state index is 0.285. The van der Waals surface area contributed by atoms with Gasteiger partial charge in [0, 0.05) is 30.0 Å². The molecule has 0 spiro atoms. The first-order valence-electron chi connectivity index (χ1n) is 5.63. The summed E-state index contributed by atoms with van der Waals surface area (Å²) in [6.07, 6.45) is 8.01. The Labute approximate surface area is 94.9 Å². The molecule has 1 fully saturated rings. The number of benzene rings is 1. The second-order valence-electron chi connectivity index (χ2n) is 4.50. The lowest BCUT2D eigenvalue weighted by molar-refractivity contribution is 0.704. The zero-order valence-corrected chi connectivity index (χ0v) is 9.13. The van der Waals surface area contributed by atoms with Crippen LogP contribution >= 0.6 is 0 Å². The topological polar surface area (TPSA) is 43.8 Å². The molecule has 3 rings (SSSR count). The number of imidazole rings is 1. The molecule has 1 aliphatic carbocycles. The zero-order chi connectivity index (χ0) is 11.0. The minimum Gasteiger partial charge on any atom is -0.330 e. The summed E-state index contributed by atoms with van der Waals surface area (Å²) in [4.78, 5) is 4.04. The second kappa shape index (κ2) is 3.46. The van der Waals surface area contributed by atoms with Crippen LogP contribution in [0.1, 0.15) is 18.4 Å². The number of hydrogen-bond donors (Lipinski definition) is 1. The molecule has 0 bridgehead atoms. The van der Waals surface area contributed by atoms with Gasteiger partial charge in [0.25, 0.3) is 0 Å². The predicted octanol–water partition coefficient (Wildman–Crippen LogP) is 1.86. The monoisotopic (exact) mass is 213 g/mol. The summed E-state index contributed by atoms with van der Waals surface area (Å²) in [5.74, 6) is 0. The molecule has 1 aromatic carbocycles. The van der Waals surface area contributed by atoms with Crippen LogP contribution in [0.3, 0.4) is 0 Å². The van der Waals surface area contributed by atoms with Gasteiger partial charge in [-0.3, -0.25) is 0 Å². The Morgan fingerprint density at radius 2 is 2.00 bits per heavy atom. The lowest BCUT2D eigenvalue weighted by Gasteiger charge is -2.13. The number of aromatic nitrogens is 2. The summed E-state index contributed by atoms with van der Waals surface area (Å²) >= 11 is 0. The summed E-state index contributed by atoms with van der Waals surface area (Å²) in [6.45, 7) is 0.761. The highest BCUT2D eigenvalue weighted by Crippen LogP contribution is 2.47. The van der Waals surface area contributed by atoms with Crippen molar-refractivity contribution in [1.29, 1.82) is 0 Å². The van der Waals surface area contributed by atoms with E-state index >= 15 is 0 Å². The van der Waals surface area contributed by atoms with Gasteiger partial charge >= 0.3 is 0 Å². The molecular formula is C13H15N3. The Morgan fingerprint density at radius 1 is 1.25 bits per heavy atom. The average Bonchev–Trinajstić information content (AvgIpc) is 2.96. The van der Waals surface area contributed by atoms with Gasteiger partial charge in [-0.25, -0.2) is 4.98 Å². The number of rotatable bonds is 3. The normalized spacial score (nSPS) is 17.3. The van der Waals surface area contributed by atoms with Crippen LogP contribution in [0, 0.1) is 0 Å². The molecule has 0 saturated heterocycles. The first-order chi connectivity index (χ1) is 7.84. The van der Waals surface area contributed by atoms with Gasteiger partial charge in [-0.15, -0.1) is 0 Å². The van der Waals surface area contributed by atoms with Crippen molar-refractivity contribution in [2.24, 2.45) is 5.73 Å². The Balaban J connectivity index is 1.91. The van der Waals surface area contributed by atoms with Gasteiger partial charge in [0.2, 0.25) is 0 Å². The van der Waals surface area contributed by atoms with Crippen molar-refractivity contribution >= 4 is 0 Å². The lowest BCUT2D eigenvalue weighted by Crippen LogP contribution is -2.19. The SMILES string of the molecule is NCC1(c2ccc(-n3ccnc3)cc2)CC1. The average molecular weight is 213 g/mol. The van der Waals surface area contributed by atoms with Crippen LogP contribution in [-0.4, -0.2) is 16.1 Å². The van der Waals surface area contributed by atoms with Crippen molar-refractivity contribution in [2.75, 3.05) is 6.54 Å².